The molecule has 1 saturated carbocycles. The predicted molar refractivity (Wildman–Crippen MR) is 129 cm³/mol. The summed E-state index contributed by atoms with van der Waals surface area (Å²) in [4.78, 5) is 34.1. The molecule has 1 aromatic rings. The van der Waals surface area contributed by atoms with Gasteiger partial charge in [0.15, 0.2) is 11.6 Å². The smallest absolute Gasteiger partial charge is 0.243 e. The van der Waals surface area contributed by atoms with Gasteiger partial charge >= 0.3 is 0 Å². The lowest BCUT2D eigenvalue weighted by atomic mass is 9.92. The highest BCUT2D eigenvalue weighted by Gasteiger charge is 2.28. The van der Waals surface area contributed by atoms with Crippen LogP contribution >= 0.6 is 0 Å². The largest absolute Gasteiger partial charge is 0.354 e. The molecular formula is C23H40FN7O3. The lowest BCUT2D eigenvalue weighted by Gasteiger charge is -2.23. The van der Waals surface area contributed by atoms with Crippen molar-refractivity contribution < 1.29 is 19.2 Å². The van der Waals surface area contributed by atoms with Crippen molar-refractivity contribution in [2.45, 2.75) is 58.8 Å². The molecule has 11 heteroatoms. The number of nitrogens with zero attached hydrogens (tertiary/aromatic N) is 4. The monoisotopic (exact) mass is 481 g/mol. The Morgan fingerprint density at radius 3 is 2.53 bits per heavy atom. The summed E-state index contributed by atoms with van der Waals surface area (Å²) in [5, 5.41) is 12.8. The van der Waals surface area contributed by atoms with E-state index in [1.807, 2.05) is 25.9 Å². The van der Waals surface area contributed by atoms with Crippen molar-refractivity contribution >= 4 is 24.0 Å². The van der Waals surface area contributed by atoms with Gasteiger partial charge in [0.25, 0.3) is 0 Å². The van der Waals surface area contributed by atoms with Crippen molar-refractivity contribution in [3.05, 3.63) is 11.6 Å². The third-order valence-corrected chi connectivity index (χ3v) is 6.22. The van der Waals surface area contributed by atoms with Crippen LogP contribution in [0.4, 0.5) is 16.0 Å². The van der Waals surface area contributed by atoms with E-state index in [4.69, 9.17) is 0 Å². The SMILES string of the molecule is CCc1nc(NNC(=O)C(CC2CCCC2)CN(O)C=O)c(F)c(N2CC[C@H](C)C2)n1.CNC. The minimum absolute atomic E-state index is 0.0781. The first-order valence-corrected chi connectivity index (χ1v) is 12.2. The molecule has 1 aliphatic heterocycles. The predicted octanol–water partition coefficient (Wildman–Crippen LogP) is 2.35. The van der Waals surface area contributed by atoms with Gasteiger partial charge in [-0.3, -0.25) is 25.6 Å². The first-order chi connectivity index (χ1) is 16.3. The molecule has 0 aromatic carbocycles. The summed E-state index contributed by atoms with van der Waals surface area (Å²) in [5.74, 6) is -0.134. The number of hydrogen-bond donors (Lipinski definition) is 4. The average Bonchev–Trinajstić information content (AvgIpc) is 3.49. The van der Waals surface area contributed by atoms with Crippen molar-refractivity contribution in [1.29, 1.82) is 0 Å². The van der Waals surface area contributed by atoms with E-state index in [1.54, 1.807) is 0 Å². The number of carbonyl (C=O) groups excluding carboxylic acids is 2. The molecule has 1 saturated heterocycles. The van der Waals surface area contributed by atoms with Gasteiger partial charge in [-0.25, -0.2) is 15.0 Å². The molecule has 10 nitrogen and oxygen atoms in total. The molecule has 0 radical (unpaired) electrons. The van der Waals surface area contributed by atoms with Gasteiger partial charge in [-0.15, -0.1) is 0 Å². The molecule has 4 N–H and O–H groups in total. The highest BCUT2D eigenvalue weighted by atomic mass is 19.1. The molecule has 2 atom stereocenters. The van der Waals surface area contributed by atoms with Gasteiger partial charge in [-0.1, -0.05) is 39.5 Å². The van der Waals surface area contributed by atoms with Crippen molar-refractivity contribution in [1.82, 2.24) is 25.8 Å². The van der Waals surface area contributed by atoms with Crippen molar-refractivity contribution in [3.63, 3.8) is 0 Å². The molecule has 2 fully saturated rings. The Balaban J connectivity index is 0.00000129. The van der Waals surface area contributed by atoms with E-state index in [0.29, 0.717) is 35.6 Å². The zero-order valence-electron chi connectivity index (χ0n) is 20.8. The van der Waals surface area contributed by atoms with Crippen LogP contribution in [0.3, 0.4) is 0 Å². The number of rotatable bonds is 10. The molecule has 2 amide bonds. The normalized spacial score (nSPS) is 18.8. The van der Waals surface area contributed by atoms with E-state index < -0.39 is 17.6 Å². The summed E-state index contributed by atoms with van der Waals surface area (Å²) < 4.78 is 15.1. The number of halogens is 1. The highest BCUT2D eigenvalue weighted by molar-refractivity contribution is 5.80. The Morgan fingerprint density at radius 2 is 1.97 bits per heavy atom. The van der Waals surface area contributed by atoms with Crippen LogP contribution in [0.2, 0.25) is 0 Å². The van der Waals surface area contributed by atoms with Gasteiger partial charge in [0.05, 0.1) is 12.5 Å². The second-order valence-electron chi connectivity index (χ2n) is 9.24. The summed E-state index contributed by atoms with van der Waals surface area (Å²) in [6.07, 6.45) is 6.65. The third kappa shape index (κ3) is 8.05. The third-order valence-electron chi connectivity index (χ3n) is 6.22. The van der Waals surface area contributed by atoms with E-state index in [9.17, 15) is 14.8 Å². The Bertz CT molecular complexity index is 792. The second-order valence-corrected chi connectivity index (χ2v) is 9.24. The van der Waals surface area contributed by atoms with Crippen LogP contribution in [0.5, 0.6) is 0 Å². The van der Waals surface area contributed by atoms with E-state index in [0.717, 1.165) is 45.2 Å². The maximum absolute atomic E-state index is 15.1. The van der Waals surface area contributed by atoms with Crippen molar-refractivity contribution in [2.24, 2.45) is 17.8 Å². The molecule has 1 aromatic heterocycles. The number of aromatic nitrogens is 2. The fourth-order valence-corrected chi connectivity index (χ4v) is 4.46. The number of hydrogen-bond acceptors (Lipinski definition) is 8. The molecule has 34 heavy (non-hydrogen) atoms. The Kier molecular flexibility index (Phi) is 11.4. The van der Waals surface area contributed by atoms with Gasteiger partial charge in [-0.05, 0) is 38.8 Å². The fraction of sp³-hybridized carbons (Fsp3) is 0.739. The van der Waals surface area contributed by atoms with Crippen LogP contribution in [-0.4, -0.2) is 66.3 Å². The Labute approximate surface area is 201 Å². The maximum atomic E-state index is 15.1. The zero-order chi connectivity index (χ0) is 25.1. The molecule has 0 bridgehead atoms. The number of amides is 2. The zero-order valence-corrected chi connectivity index (χ0v) is 20.8. The molecule has 1 aliphatic carbocycles. The fourth-order valence-electron chi connectivity index (χ4n) is 4.46. The molecule has 1 unspecified atom stereocenters. The van der Waals surface area contributed by atoms with Gasteiger partial charge < -0.3 is 10.2 Å². The molecule has 0 spiro atoms. The van der Waals surface area contributed by atoms with Crippen LogP contribution in [0, 0.1) is 23.6 Å². The number of hydroxylamine groups is 2. The lowest BCUT2D eigenvalue weighted by Crippen LogP contribution is -2.41. The van der Waals surface area contributed by atoms with Crippen molar-refractivity contribution in [2.75, 3.05) is 44.1 Å². The van der Waals surface area contributed by atoms with E-state index >= 15 is 4.39 Å². The lowest BCUT2D eigenvalue weighted by molar-refractivity contribution is -0.154. The van der Waals surface area contributed by atoms with E-state index in [1.165, 1.54) is 0 Å². The van der Waals surface area contributed by atoms with Crippen LogP contribution in [-0.2, 0) is 16.0 Å². The minimum atomic E-state index is -0.611. The van der Waals surface area contributed by atoms with Gasteiger partial charge in [-0.2, -0.15) is 4.39 Å². The van der Waals surface area contributed by atoms with Crippen LogP contribution in [0.1, 0.15) is 58.2 Å². The molecule has 192 valence electrons. The highest BCUT2D eigenvalue weighted by Crippen LogP contribution is 2.31. The quantitative estimate of drug-likeness (QED) is 0.228. The second kappa shape index (κ2) is 14.0. The molecular weight excluding hydrogens is 441 g/mol. The summed E-state index contributed by atoms with van der Waals surface area (Å²) in [7, 11) is 3.75. The average molecular weight is 482 g/mol. The first kappa shape index (κ1) is 27.7. The Morgan fingerprint density at radius 1 is 1.29 bits per heavy atom. The van der Waals surface area contributed by atoms with E-state index in [2.05, 4.69) is 33.1 Å². The summed E-state index contributed by atoms with van der Waals surface area (Å²) in [6.45, 7) is 5.35. The number of nitrogens with one attached hydrogen (secondary N) is 3. The van der Waals surface area contributed by atoms with Crippen LogP contribution < -0.4 is 21.1 Å². The molecule has 2 aliphatic rings. The van der Waals surface area contributed by atoms with Gasteiger partial charge in [0.2, 0.25) is 18.1 Å². The van der Waals surface area contributed by atoms with Crippen LogP contribution in [0.15, 0.2) is 0 Å². The minimum Gasteiger partial charge on any atom is -0.354 e. The standard InChI is InChI=1S/C21H33FN6O3.C2H7N/c1-3-17-23-19(18(22)20(24-17)27-9-8-14(2)11-27)25-26-21(30)16(12-28(31)13-29)10-15-6-4-5-7-15;1-3-2/h13-16,31H,3-12H2,1-2H3,(H,26,30)(H,23,24,25);3H,1-2H3/t14-,16?;/m0./s1. The number of aryl methyl sites for hydroxylation is 1. The summed E-state index contributed by atoms with van der Waals surface area (Å²) in [5.41, 5.74) is 5.15. The van der Waals surface area contributed by atoms with Crippen LogP contribution in [0.25, 0.3) is 0 Å². The molecule has 3 rings (SSSR count). The number of anilines is 2. The number of hydrazine groups is 1. The Hall–Kier alpha value is -2.53. The topological polar surface area (TPSA) is 123 Å². The van der Waals surface area contributed by atoms with Gasteiger partial charge in [0, 0.05) is 19.5 Å². The van der Waals surface area contributed by atoms with Crippen molar-refractivity contribution in [3.8, 4) is 0 Å². The van der Waals surface area contributed by atoms with E-state index in [-0.39, 0.29) is 24.6 Å². The van der Waals surface area contributed by atoms with Gasteiger partial charge in [0.1, 0.15) is 5.82 Å². The summed E-state index contributed by atoms with van der Waals surface area (Å²) >= 11 is 0. The first-order valence-electron chi connectivity index (χ1n) is 12.2. The molecule has 2 heterocycles. The summed E-state index contributed by atoms with van der Waals surface area (Å²) in [6, 6.07) is 0. The number of carbonyl (C=O) groups is 2. The maximum Gasteiger partial charge on any atom is 0.243 e.